The summed E-state index contributed by atoms with van der Waals surface area (Å²) in [6.45, 7) is 6.63. The SMILES string of the molecule is CC(=O)Nc1nc(NCCC(C)C)c2cc(Br)ccc2n1. The van der Waals surface area contributed by atoms with Crippen LogP contribution < -0.4 is 10.6 Å². The summed E-state index contributed by atoms with van der Waals surface area (Å²) in [6, 6.07) is 5.80. The van der Waals surface area contributed by atoms with Crippen LogP contribution in [0.25, 0.3) is 10.9 Å². The molecular formula is C15H19BrN4O. The highest BCUT2D eigenvalue weighted by Gasteiger charge is 2.09. The second-order valence-corrected chi connectivity index (χ2v) is 6.26. The Balaban J connectivity index is 2.37. The molecule has 1 aromatic carbocycles. The number of amides is 1. The number of hydrogen-bond donors (Lipinski definition) is 2. The van der Waals surface area contributed by atoms with E-state index in [1.807, 2.05) is 18.2 Å². The number of aromatic nitrogens is 2. The van der Waals surface area contributed by atoms with Gasteiger partial charge in [-0.25, -0.2) is 4.98 Å². The fourth-order valence-electron chi connectivity index (χ4n) is 1.93. The maximum absolute atomic E-state index is 11.2. The molecule has 1 aromatic heterocycles. The van der Waals surface area contributed by atoms with E-state index >= 15 is 0 Å². The van der Waals surface area contributed by atoms with Crippen molar-refractivity contribution in [2.24, 2.45) is 5.92 Å². The molecule has 0 bridgehead atoms. The van der Waals surface area contributed by atoms with E-state index in [2.05, 4.69) is 50.4 Å². The van der Waals surface area contributed by atoms with Crippen molar-refractivity contribution >= 4 is 44.5 Å². The maximum Gasteiger partial charge on any atom is 0.231 e. The molecule has 0 aliphatic heterocycles. The minimum Gasteiger partial charge on any atom is -0.369 e. The number of carbonyl (C=O) groups excluding carboxylic acids is 1. The van der Waals surface area contributed by atoms with Gasteiger partial charge in [0.1, 0.15) is 5.82 Å². The van der Waals surface area contributed by atoms with Crippen molar-refractivity contribution in [3.63, 3.8) is 0 Å². The number of hydrogen-bond acceptors (Lipinski definition) is 4. The molecule has 112 valence electrons. The molecule has 1 amide bonds. The lowest BCUT2D eigenvalue weighted by atomic mass is 10.1. The number of fused-ring (bicyclic) bond motifs is 1. The van der Waals surface area contributed by atoms with Gasteiger partial charge >= 0.3 is 0 Å². The number of carbonyl (C=O) groups is 1. The number of halogens is 1. The first-order valence-corrected chi connectivity index (χ1v) is 7.74. The maximum atomic E-state index is 11.2. The lowest BCUT2D eigenvalue weighted by molar-refractivity contribution is -0.114. The summed E-state index contributed by atoms with van der Waals surface area (Å²) >= 11 is 3.46. The normalized spacial score (nSPS) is 10.9. The fraction of sp³-hybridized carbons (Fsp3) is 0.400. The number of nitrogens with one attached hydrogen (secondary N) is 2. The van der Waals surface area contributed by atoms with Crippen LogP contribution in [0.15, 0.2) is 22.7 Å². The number of anilines is 2. The van der Waals surface area contributed by atoms with Crippen LogP contribution in [0, 0.1) is 5.92 Å². The topological polar surface area (TPSA) is 66.9 Å². The van der Waals surface area contributed by atoms with Crippen molar-refractivity contribution < 1.29 is 4.79 Å². The molecule has 0 aliphatic rings. The van der Waals surface area contributed by atoms with Crippen molar-refractivity contribution in [1.82, 2.24) is 9.97 Å². The fourth-order valence-corrected chi connectivity index (χ4v) is 2.29. The van der Waals surface area contributed by atoms with Crippen molar-refractivity contribution in [3.05, 3.63) is 22.7 Å². The Morgan fingerprint density at radius 3 is 2.76 bits per heavy atom. The Hall–Kier alpha value is -1.69. The van der Waals surface area contributed by atoms with Crippen LogP contribution in [0.5, 0.6) is 0 Å². The summed E-state index contributed by atoms with van der Waals surface area (Å²) in [4.78, 5) is 20.0. The van der Waals surface area contributed by atoms with Crippen molar-refractivity contribution in [3.8, 4) is 0 Å². The third-order valence-corrected chi connectivity index (χ3v) is 3.45. The van der Waals surface area contributed by atoms with Gasteiger partial charge in [-0.2, -0.15) is 4.98 Å². The second-order valence-electron chi connectivity index (χ2n) is 5.35. The van der Waals surface area contributed by atoms with Crippen LogP contribution in [0.3, 0.4) is 0 Å². The van der Waals surface area contributed by atoms with Gasteiger partial charge in [-0.15, -0.1) is 0 Å². The molecule has 2 N–H and O–H groups in total. The number of benzene rings is 1. The molecule has 2 rings (SSSR count). The predicted octanol–water partition coefficient (Wildman–Crippen LogP) is 3.81. The summed E-state index contributed by atoms with van der Waals surface area (Å²) in [5.74, 6) is 1.50. The molecule has 21 heavy (non-hydrogen) atoms. The lowest BCUT2D eigenvalue weighted by Crippen LogP contribution is -2.12. The van der Waals surface area contributed by atoms with E-state index in [4.69, 9.17) is 0 Å². The Kier molecular flexibility index (Phi) is 5.12. The van der Waals surface area contributed by atoms with Gasteiger partial charge in [0.15, 0.2) is 0 Å². The van der Waals surface area contributed by atoms with E-state index in [0.717, 1.165) is 34.2 Å². The third kappa shape index (κ3) is 4.39. The van der Waals surface area contributed by atoms with Gasteiger partial charge in [-0.3, -0.25) is 10.1 Å². The molecule has 0 radical (unpaired) electrons. The molecule has 1 heterocycles. The Bertz CT molecular complexity index is 657. The molecule has 6 heteroatoms. The van der Waals surface area contributed by atoms with E-state index in [-0.39, 0.29) is 5.91 Å². The Morgan fingerprint density at radius 2 is 2.10 bits per heavy atom. The van der Waals surface area contributed by atoms with Gasteiger partial charge in [0.25, 0.3) is 0 Å². The molecule has 5 nitrogen and oxygen atoms in total. The second kappa shape index (κ2) is 6.85. The van der Waals surface area contributed by atoms with Gasteiger partial charge in [0.05, 0.1) is 5.52 Å². The Labute approximate surface area is 132 Å². The summed E-state index contributed by atoms with van der Waals surface area (Å²) in [5, 5.41) is 6.91. The molecule has 0 spiro atoms. The minimum absolute atomic E-state index is 0.181. The number of rotatable bonds is 5. The molecule has 0 saturated heterocycles. The van der Waals surface area contributed by atoms with Gasteiger partial charge in [0, 0.05) is 23.3 Å². The van der Waals surface area contributed by atoms with E-state index in [0.29, 0.717) is 11.9 Å². The zero-order chi connectivity index (χ0) is 15.4. The monoisotopic (exact) mass is 350 g/mol. The zero-order valence-corrected chi connectivity index (χ0v) is 14.0. The highest BCUT2D eigenvalue weighted by molar-refractivity contribution is 9.10. The van der Waals surface area contributed by atoms with E-state index in [9.17, 15) is 4.79 Å². The lowest BCUT2D eigenvalue weighted by Gasteiger charge is -2.12. The highest BCUT2D eigenvalue weighted by atomic mass is 79.9. The van der Waals surface area contributed by atoms with Crippen LogP contribution in [-0.2, 0) is 4.79 Å². The molecule has 0 saturated carbocycles. The summed E-state index contributed by atoms with van der Waals surface area (Å²) in [5.41, 5.74) is 0.795. The van der Waals surface area contributed by atoms with Crippen LogP contribution >= 0.6 is 15.9 Å². The standard InChI is InChI=1S/C15H19BrN4O/c1-9(2)6-7-17-14-12-8-11(16)4-5-13(12)19-15(20-14)18-10(3)21/h4-5,8-9H,6-7H2,1-3H3,(H2,17,18,19,20,21). The predicted molar refractivity (Wildman–Crippen MR) is 89.5 cm³/mol. The first-order chi connectivity index (χ1) is 9.95. The molecule has 0 unspecified atom stereocenters. The van der Waals surface area contributed by atoms with Crippen LogP contribution in [0.4, 0.5) is 11.8 Å². The van der Waals surface area contributed by atoms with Gasteiger partial charge in [-0.05, 0) is 30.5 Å². The molecule has 0 fully saturated rings. The average molecular weight is 351 g/mol. The molecular weight excluding hydrogens is 332 g/mol. The molecule has 0 atom stereocenters. The van der Waals surface area contributed by atoms with Gasteiger partial charge < -0.3 is 5.32 Å². The largest absolute Gasteiger partial charge is 0.369 e. The third-order valence-electron chi connectivity index (χ3n) is 2.96. The van der Waals surface area contributed by atoms with Crippen LogP contribution in [-0.4, -0.2) is 22.4 Å². The molecule has 0 aliphatic carbocycles. The van der Waals surface area contributed by atoms with Crippen molar-refractivity contribution in [2.45, 2.75) is 27.2 Å². The van der Waals surface area contributed by atoms with Gasteiger partial charge in [-0.1, -0.05) is 29.8 Å². The van der Waals surface area contributed by atoms with E-state index < -0.39 is 0 Å². The smallest absolute Gasteiger partial charge is 0.231 e. The number of nitrogens with zero attached hydrogens (tertiary/aromatic N) is 2. The highest BCUT2D eigenvalue weighted by Crippen LogP contribution is 2.25. The van der Waals surface area contributed by atoms with Gasteiger partial charge in [0.2, 0.25) is 11.9 Å². The van der Waals surface area contributed by atoms with Crippen molar-refractivity contribution in [1.29, 1.82) is 0 Å². The van der Waals surface area contributed by atoms with E-state index in [1.165, 1.54) is 6.92 Å². The minimum atomic E-state index is -0.181. The first kappa shape index (κ1) is 15.7. The quantitative estimate of drug-likeness (QED) is 0.860. The zero-order valence-electron chi connectivity index (χ0n) is 12.4. The summed E-state index contributed by atoms with van der Waals surface area (Å²) < 4.78 is 0.970. The summed E-state index contributed by atoms with van der Waals surface area (Å²) in [6.07, 6.45) is 1.05. The molecule has 2 aromatic rings. The van der Waals surface area contributed by atoms with Crippen molar-refractivity contribution in [2.75, 3.05) is 17.2 Å². The first-order valence-electron chi connectivity index (χ1n) is 6.94. The Morgan fingerprint density at radius 1 is 1.33 bits per heavy atom. The van der Waals surface area contributed by atoms with Crippen LogP contribution in [0.2, 0.25) is 0 Å². The summed E-state index contributed by atoms with van der Waals surface area (Å²) in [7, 11) is 0. The average Bonchev–Trinajstić information content (AvgIpc) is 2.38. The van der Waals surface area contributed by atoms with E-state index in [1.54, 1.807) is 0 Å². The van der Waals surface area contributed by atoms with Crippen LogP contribution in [0.1, 0.15) is 27.2 Å².